The van der Waals surface area contributed by atoms with Crippen molar-refractivity contribution in [2.75, 3.05) is 11.1 Å². The van der Waals surface area contributed by atoms with E-state index >= 15 is 0 Å². The molecule has 4 nitrogen and oxygen atoms in total. The topological polar surface area (TPSA) is 65.8 Å². The van der Waals surface area contributed by atoms with Crippen LogP contribution in [0.1, 0.15) is 34.7 Å². The number of hydrogen-bond acceptors (Lipinski definition) is 4. The number of pyridine rings is 1. The maximum absolute atomic E-state index is 12.2. The molecule has 0 saturated heterocycles. The number of carbonyl (C=O) groups is 1. The van der Waals surface area contributed by atoms with Crippen LogP contribution in [-0.4, -0.2) is 16.6 Å². The Bertz CT molecular complexity index is 1040. The molecular formula is C24H21N3OS. The van der Waals surface area contributed by atoms with Crippen LogP contribution in [0.25, 0.3) is 0 Å². The third-order valence-electron chi connectivity index (χ3n) is 5.14. The van der Waals surface area contributed by atoms with Crippen LogP contribution in [0.5, 0.6) is 0 Å². The molecule has 0 saturated carbocycles. The highest BCUT2D eigenvalue weighted by Crippen LogP contribution is 2.34. The molecule has 29 heavy (non-hydrogen) atoms. The van der Waals surface area contributed by atoms with E-state index in [0.717, 1.165) is 36.2 Å². The number of rotatable bonds is 5. The molecular weight excluding hydrogens is 378 g/mol. The lowest BCUT2D eigenvalue weighted by Crippen LogP contribution is -2.16. The van der Waals surface area contributed by atoms with Crippen LogP contribution in [0, 0.1) is 11.3 Å². The van der Waals surface area contributed by atoms with Crippen LogP contribution in [0.2, 0.25) is 0 Å². The third kappa shape index (κ3) is 4.67. The number of hydrogen-bond donors (Lipinski definition) is 1. The van der Waals surface area contributed by atoms with E-state index < -0.39 is 0 Å². The molecule has 1 aliphatic rings. The van der Waals surface area contributed by atoms with Gasteiger partial charge in [-0.2, -0.15) is 5.26 Å². The second-order valence-corrected chi connectivity index (χ2v) is 8.08. The van der Waals surface area contributed by atoms with Gasteiger partial charge in [0.15, 0.2) is 0 Å². The van der Waals surface area contributed by atoms with Gasteiger partial charge in [0, 0.05) is 11.4 Å². The number of carbonyl (C=O) groups excluding carboxylic acids is 1. The van der Waals surface area contributed by atoms with Gasteiger partial charge in [-0.15, -0.1) is 0 Å². The fourth-order valence-electron chi connectivity index (χ4n) is 3.70. The summed E-state index contributed by atoms with van der Waals surface area (Å²) in [6, 6.07) is 24.1. The molecule has 0 bridgehead atoms. The van der Waals surface area contributed by atoms with Crippen LogP contribution < -0.4 is 5.32 Å². The first kappa shape index (κ1) is 19.2. The van der Waals surface area contributed by atoms with E-state index in [4.69, 9.17) is 4.98 Å². The van der Waals surface area contributed by atoms with E-state index in [1.807, 2.05) is 42.5 Å². The molecule has 0 spiro atoms. The van der Waals surface area contributed by atoms with Crippen LogP contribution in [0.15, 0.2) is 71.8 Å². The van der Waals surface area contributed by atoms with Gasteiger partial charge < -0.3 is 5.32 Å². The highest BCUT2D eigenvalue weighted by molar-refractivity contribution is 8.00. The number of nitriles is 1. The molecule has 5 heteroatoms. The molecule has 1 aliphatic carbocycles. The summed E-state index contributed by atoms with van der Waals surface area (Å²) >= 11 is 1.32. The SMILES string of the molecule is N#Cc1cc2c(nc1SCC(=O)Nc1ccccc1)CC[C@@H](c1ccccc1)C2. The number of aromatic nitrogens is 1. The maximum atomic E-state index is 12.2. The van der Waals surface area contributed by atoms with Gasteiger partial charge in [-0.3, -0.25) is 4.79 Å². The largest absolute Gasteiger partial charge is 0.325 e. The second kappa shape index (κ2) is 8.93. The van der Waals surface area contributed by atoms with Crippen LogP contribution in [0.3, 0.4) is 0 Å². The van der Waals surface area contributed by atoms with Gasteiger partial charge in [0.2, 0.25) is 5.91 Å². The Kier molecular flexibility index (Phi) is 5.92. The van der Waals surface area contributed by atoms with E-state index in [1.165, 1.54) is 17.3 Å². The van der Waals surface area contributed by atoms with E-state index in [-0.39, 0.29) is 11.7 Å². The zero-order valence-corrected chi connectivity index (χ0v) is 16.8. The number of para-hydroxylation sites is 1. The third-order valence-corrected chi connectivity index (χ3v) is 6.13. The molecule has 4 rings (SSSR count). The summed E-state index contributed by atoms with van der Waals surface area (Å²) in [4.78, 5) is 17.0. The van der Waals surface area contributed by atoms with Crippen molar-refractivity contribution in [3.05, 3.63) is 89.1 Å². The predicted molar refractivity (Wildman–Crippen MR) is 116 cm³/mol. The lowest BCUT2D eigenvalue weighted by Gasteiger charge is -2.25. The fraction of sp³-hybridized carbons (Fsp3) is 0.208. The number of nitrogens with one attached hydrogen (secondary N) is 1. The first-order valence-corrected chi connectivity index (χ1v) is 10.7. The summed E-state index contributed by atoms with van der Waals surface area (Å²) in [5.74, 6) is 0.586. The summed E-state index contributed by atoms with van der Waals surface area (Å²) in [6.45, 7) is 0. The summed E-state index contributed by atoms with van der Waals surface area (Å²) in [6.07, 6.45) is 2.85. The van der Waals surface area contributed by atoms with Crippen LogP contribution >= 0.6 is 11.8 Å². The summed E-state index contributed by atoms with van der Waals surface area (Å²) < 4.78 is 0. The Labute approximate surface area is 175 Å². The Morgan fingerprint density at radius 2 is 1.86 bits per heavy atom. The minimum absolute atomic E-state index is 0.103. The minimum atomic E-state index is -0.103. The van der Waals surface area contributed by atoms with Crippen molar-refractivity contribution in [3.8, 4) is 6.07 Å². The van der Waals surface area contributed by atoms with Crippen molar-refractivity contribution in [1.29, 1.82) is 5.26 Å². The Morgan fingerprint density at radius 3 is 2.59 bits per heavy atom. The number of aryl methyl sites for hydroxylation is 1. The van der Waals surface area contributed by atoms with E-state index in [0.29, 0.717) is 16.5 Å². The van der Waals surface area contributed by atoms with Gasteiger partial charge in [0.25, 0.3) is 0 Å². The first-order chi connectivity index (χ1) is 14.2. The van der Waals surface area contributed by atoms with E-state index in [1.54, 1.807) is 0 Å². The Hall–Kier alpha value is -3.10. The molecule has 0 aliphatic heterocycles. The van der Waals surface area contributed by atoms with Gasteiger partial charge >= 0.3 is 0 Å². The Morgan fingerprint density at radius 1 is 1.14 bits per heavy atom. The first-order valence-electron chi connectivity index (χ1n) is 9.68. The average Bonchev–Trinajstić information content (AvgIpc) is 2.78. The lowest BCUT2D eigenvalue weighted by molar-refractivity contribution is -0.113. The van der Waals surface area contributed by atoms with Crippen molar-refractivity contribution in [1.82, 2.24) is 4.98 Å². The molecule has 1 heterocycles. The summed E-state index contributed by atoms with van der Waals surface area (Å²) in [7, 11) is 0. The molecule has 144 valence electrons. The van der Waals surface area contributed by atoms with E-state index in [2.05, 4.69) is 35.7 Å². The number of thioether (sulfide) groups is 1. The van der Waals surface area contributed by atoms with Gasteiger partial charge in [-0.1, -0.05) is 60.3 Å². The molecule has 0 fully saturated rings. The smallest absolute Gasteiger partial charge is 0.234 e. The fourth-order valence-corrected chi connectivity index (χ4v) is 4.47. The molecule has 1 N–H and O–H groups in total. The number of benzene rings is 2. The summed E-state index contributed by atoms with van der Waals surface area (Å²) in [5.41, 5.74) is 4.87. The van der Waals surface area contributed by atoms with Crippen LogP contribution in [-0.2, 0) is 17.6 Å². The van der Waals surface area contributed by atoms with Crippen molar-refractivity contribution in [2.24, 2.45) is 0 Å². The zero-order chi connectivity index (χ0) is 20.1. The molecule has 1 amide bonds. The van der Waals surface area contributed by atoms with Gasteiger partial charge in [0.1, 0.15) is 11.1 Å². The van der Waals surface area contributed by atoms with Gasteiger partial charge in [-0.25, -0.2) is 4.98 Å². The van der Waals surface area contributed by atoms with Crippen molar-refractivity contribution < 1.29 is 4.79 Å². The van der Waals surface area contributed by atoms with Crippen molar-refractivity contribution in [2.45, 2.75) is 30.2 Å². The molecule has 2 aromatic carbocycles. The molecule has 0 unspecified atom stereocenters. The van der Waals surface area contributed by atoms with Gasteiger partial charge in [-0.05, 0) is 54.5 Å². The van der Waals surface area contributed by atoms with Crippen molar-refractivity contribution in [3.63, 3.8) is 0 Å². The highest BCUT2D eigenvalue weighted by Gasteiger charge is 2.23. The molecule has 3 aromatic rings. The lowest BCUT2D eigenvalue weighted by atomic mass is 9.82. The van der Waals surface area contributed by atoms with Crippen LogP contribution in [0.4, 0.5) is 5.69 Å². The Balaban J connectivity index is 1.46. The molecule has 0 radical (unpaired) electrons. The molecule has 1 aromatic heterocycles. The minimum Gasteiger partial charge on any atom is -0.325 e. The maximum Gasteiger partial charge on any atom is 0.234 e. The number of fused-ring (bicyclic) bond motifs is 1. The normalized spacial score (nSPS) is 15.2. The van der Waals surface area contributed by atoms with E-state index in [9.17, 15) is 10.1 Å². The highest BCUT2D eigenvalue weighted by atomic mass is 32.2. The standard InChI is InChI=1S/C24H21N3OS/c25-15-20-14-19-13-18(17-7-3-1-4-8-17)11-12-22(19)27-24(20)29-16-23(28)26-21-9-5-2-6-10-21/h1-10,14,18H,11-13,16H2,(H,26,28)/t18-/m1/s1. The quantitative estimate of drug-likeness (QED) is 0.616. The molecule has 1 atom stereocenters. The van der Waals surface area contributed by atoms with Gasteiger partial charge in [0.05, 0.1) is 11.3 Å². The zero-order valence-electron chi connectivity index (χ0n) is 16.0. The second-order valence-electron chi connectivity index (χ2n) is 7.11. The number of amides is 1. The van der Waals surface area contributed by atoms with Crippen molar-refractivity contribution >= 4 is 23.4 Å². The monoisotopic (exact) mass is 399 g/mol. The number of anilines is 1. The average molecular weight is 400 g/mol. The number of nitrogens with zero attached hydrogens (tertiary/aromatic N) is 2. The summed E-state index contributed by atoms with van der Waals surface area (Å²) in [5, 5.41) is 13.1. The predicted octanol–water partition coefficient (Wildman–Crippen LogP) is 4.96.